The van der Waals surface area contributed by atoms with Crippen LogP contribution in [0.5, 0.6) is 0 Å². The molecule has 1 aromatic carbocycles. The standard InChI is InChI=1S/C14H22FN3OS/c1-4-11(9-20-3)18(2)8-14(19)17-10-5-6-12(15)13(16)7-10/h5-7,11H,4,8-9,16H2,1-3H3,(H,17,19). The highest BCUT2D eigenvalue weighted by molar-refractivity contribution is 7.98. The lowest BCUT2D eigenvalue weighted by Gasteiger charge is -2.25. The summed E-state index contributed by atoms with van der Waals surface area (Å²) in [6.45, 7) is 2.41. The van der Waals surface area contributed by atoms with E-state index in [1.165, 1.54) is 18.2 Å². The van der Waals surface area contributed by atoms with E-state index in [1.807, 2.05) is 11.9 Å². The quantitative estimate of drug-likeness (QED) is 0.759. The predicted molar refractivity (Wildman–Crippen MR) is 84.5 cm³/mol. The predicted octanol–water partition coefficient (Wildman–Crippen LogP) is 2.42. The molecule has 20 heavy (non-hydrogen) atoms. The lowest BCUT2D eigenvalue weighted by molar-refractivity contribution is -0.117. The summed E-state index contributed by atoms with van der Waals surface area (Å²) >= 11 is 1.77. The van der Waals surface area contributed by atoms with Gasteiger partial charge in [-0.3, -0.25) is 9.69 Å². The molecule has 0 aliphatic heterocycles. The molecule has 1 atom stereocenters. The molecule has 3 N–H and O–H groups in total. The van der Waals surface area contributed by atoms with Crippen molar-refractivity contribution in [3.63, 3.8) is 0 Å². The summed E-state index contributed by atoms with van der Waals surface area (Å²) < 4.78 is 13.0. The average Bonchev–Trinajstić information content (AvgIpc) is 2.40. The van der Waals surface area contributed by atoms with E-state index in [4.69, 9.17) is 5.73 Å². The van der Waals surface area contributed by atoms with Crippen LogP contribution in [0.3, 0.4) is 0 Å². The molecule has 4 nitrogen and oxygen atoms in total. The van der Waals surface area contributed by atoms with Crippen LogP contribution in [0, 0.1) is 5.82 Å². The first-order valence-electron chi connectivity index (χ1n) is 6.52. The summed E-state index contributed by atoms with van der Waals surface area (Å²) in [7, 11) is 1.93. The van der Waals surface area contributed by atoms with Crippen molar-refractivity contribution in [2.75, 3.05) is 36.7 Å². The van der Waals surface area contributed by atoms with Crippen molar-refractivity contribution in [3.05, 3.63) is 24.0 Å². The van der Waals surface area contributed by atoms with Crippen LogP contribution < -0.4 is 11.1 Å². The first kappa shape index (κ1) is 16.8. The van der Waals surface area contributed by atoms with E-state index in [9.17, 15) is 9.18 Å². The number of hydrogen-bond acceptors (Lipinski definition) is 4. The number of nitrogens with zero attached hydrogens (tertiary/aromatic N) is 1. The second-order valence-electron chi connectivity index (χ2n) is 4.72. The smallest absolute Gasteiger partial charge is 0.238 e. The van der Waals surface area contributed by atoms with Gasteiger partial charge in [0, 0.05) is 17.5 Å². The summed E-state index contributed by atoms with van der Waals surface area (Å²) in [5, 5.41) is 2.73. The molecule has 0 aliphatic rings. The molecule has 0 fully saturated rings. The highest BCUT2D eigenvalue weighted by atomic mass is 32.2. The van der Waals surface area contributed by atoms with E-state index in [2.05, 4.69) is 18.5 Å². The van der Waals surface area contributed by atoms with Gasteiger partial charge in [-0.15, -0.1) is 0 Å². The van der Waals surface area contributed by atoms with Crippen LogP contribution in [0.4, 0.5) is 15.8 Å². The van der Waals surface area contributed by atoms with Crippen molar-refractivity contribution in [1.82, 2.24) is 4.90 Å². The summed E-state index contributed by atoms with van der Waals surface area (Å²) in [5.41, 5.74) is 6.01. The Morgan fingerprint density at radius 2 is 2.25 bits per heavy atom. The fourth-order valence-corrected chi connectivity index (χ4v) is 2.80. The van der Waals surface area contributed by atoms with Crippen LogP contribution in [-0.4, -0.2) is 42.4 Å². The summed E-state index contributed by atoms with van der Waals surface area (Å²) in [5.74, 6) is 0.383. The molecular formula is C14H22FN3OS. The molecule has 0 aromatic heterocycles. The first-order valence-corrected chi connectivity index (χ1v) is 7.91. The van der Waals surface area contributed by atoms with E-state index in [0.717, 1.165) is 12.2 Å². The molecule has 0 heterocycles. The first-order chi connectivity index (χ1) is 9.47. The Kier molecular flexibility index (Phi) is 6.81. The molecule has 112 valence electrons. The average molecular weight is 299 g/mol. The van der Waals surface area contributed by atoms with Gasteiger partial charge in [0.2, 0.25) is 5.91 Å². The maximum absolute atomic E-state index is 13.0. The lowest BCUT2D eigenvalue weighted by atomic mass is 10.2. The monoisotopic (exact) mass is 299 g/mol. The van der Waals surface area contributed by atoms with E-state index in [-0.39, 0.29) is 11.6 Å². The number of carbonyl (C=O) groups is 1. The number of rotatable bonds is 7. The number of nitrogen functional groups attached to an aromatic ring is 1. The minimum atomic E-state index is -0.480. The molecule has 0 bridgehead atoms. The Balaban J connectivity index is 2.56. The number of benzene rings is 1. The highest BCUT2D eigenvalue weighted by Gasteiger charge is 2.15. The normalized spacial score (nSPS) is 12.4. The third-order valence-electron chi connectivity index (χ3n) is 3.13. The molecule has 6 heteroatoms. The van der Waals surface area contributed by atoms with Gasteiger partial charge in [0.05, 0.1) is 12.2 Å². The molecule has 1 aromatic rings. The highest BCUT2D eigenvalue weighted by Crippen LogP contribution is 2.16. The zero-order valence-corrected chi connectivity index (χ0v) is 13.0. The van der Waals surface area contributed by atoms with Crippen LogP contribution in [-0.2, 0) is 4.79 Å². The van der Waals surface area contributed by atoms with Gasteiger partial charge in [-0.25, -0.2) is 4.39 Å². The van der Waals surface area contributed by atoms with E-state index in [1.54, 1.807) is 11.8 Å². The van der Waals surface area contributed by atoms with Gasteiger partial charge in [-0.1, -0.05) is 6.92 Å². The molecule has 1 amide bonds. The van der Waals surface area contributed by atoms with Gasteiger partial charge in [0.1, 0.15) is 5.82 Å². The van der Waals surface area contributed by atoms with Gasteiger partial charge in [-0.05, 0) is 37.9 Å². The number of likely N-dealkylation sites (N-methyl/N-ethyl adjacent to an activating group) is 1. The van der Waals surface area contributed by atoms with Crippen LogP contribution in [0.15, 0.2) is 18.2 Å². The minimum Gasteiger partial charge on any atom is -0.396 e. The maximum atomic E-state index is 13.0. The van der Waals surface area contributed by atoms with Crippen LogP contribution >= 0.6 is 11.8 Å². The van der Waals surface area contributed by atoms with Crippen molar-refractivity contribution in [3.8, 4) is 0 Å². The lowest BCUT2D eigenvalue weighted by Crippen LogP contribution is -2.39. The Morgan fingerprint density at radius 1 is 1.55 bits per heavy atom. The number of amides is 1. The molecule has 0 saturated heterocycles. The third kappa shape index (κ3) is 5.02. The Morgan fingerprint density at radius 3 is 2.80 bits per heavy atom. The fraction of sp³-hybridized carbons (Fsp3) is 0.500. The second-order valence-corrected chi connectivity index (χ2v) is 5.63. The van der Waals surface area contributed by atoms with Gasteiger partial charge in [0.25, 0.3) is 0 Å². The van der Waals surface area contributed by atoms with Crippen LogP contribution in [0.2, 0.25) is 0 Å². The van der Waals surface area contributed by atoms with Gasteiger partial charge in [0.15, 0.2) is 0 Å². The number of halogens is 1. The zero-order valence-electron chi connectivity index (χ0n) is 12.1. The molecule has 1 rings (SSSR count). The Labute approximate surface area is 123 Å². The second kappa shape index (κ2) is 8.11. The van der Waals surface area contributed by atoms with Crippen molar-refractivity contribution in [2.45, 2.75) is 19.4 Å². The van der Waals surface area contributed by atoms with Gasteiger partial charge in [-0.2, -0.15) is 11.8 Å². The molecule has 0 aliphatic carbocycles. The number of nitrogens with one attached hydrogen (secondary N) is 1. The molecule has 1 unspecified atom stereocenters. The zero-order chi connectivity index (χ0) is 15.1. The minimum absolute atomic E-state index is 0.0324. The molecule has 0 radical (unpaired) electrons. The van der Waals surface area contributed by atoms with Crippen molar-refractivity contribution < 1.29 is 9.18 Å². The number of nitrogens with two attached hydrogens (primary N) is 1. The maximum Gasteiger partial charge on any atom is 0.238 e. The number of hydrogen-bond donors (Lipinski definition) is 2. The largest absolute Gasteiger partial charge is 0.396 e. The van der Waals surface area contributed by atoms with Crippen LogP contribution in [0.1, 0.15) is 13.3 Å². The van der Waals surface area contributed by atoms with Crippen LogP contribution in [0.25, 0.3) is 0 Å². The number of carbonyl (C=O) groups excluding carboxylic acids is 1. The van der Waals surface area contributed by atoms with E-state index >= 15 is 0 Å². The Hall–Kier alpha value is -1.27. The summed E-state index contributed by atoms with van der Waals surface area (Å²) in [6.07, 6.45) is 3.05. The van der Waals surface area contributed by atoms with Crippen molar-refractivity contribution in [2.24, 2.45) is 0 Å². The van der Waals surface area contributed by atoms with E-state index < -0.39 is 5.82 Å². The SMILES string of the molecule is CCC(CSC)N(C)CC(=O)Nc1ccc(F)c(N)c1. The number of thioether (sulfide) groups is 1. The molecule has 0 spiro atoms. The Bertz CT molecular complexity index is 456. The summed E-state index contributed by atoms with van der Waals surface area (Å²) in [4.78, 5) is 14.0. The van der Waals surface area contributed by atoms with Crippen molar-refractivity contribution in [1.29, 1.82) is 0 Å². The fourth-order valence-electron chi connectivity index (χ4n) is 1.93. The van der Waals surface area contributed by atoms with Gasteiger partial charge >= 0.3 is 0 Å². The third-order valence-corrected chi connectivity index (χ3v) is 3.84. The number of anilines is 2. The molecule has 0 saturated carbocycles. The van der Waals surface area contributed by atoms with Gasteiger partial charge < -0.3 is 11.1 Å². The summed E-state index contributed by atoms with van der Waals surface area (Å²) in [6, 6.07) is 4.54. The topological polar surface area (TPSA) is 58.4 Å². The van der Waals surface area contributed by atoms with E-state index in [0.29, 0.717) is 18.3 Å². The van der Waals surface area contributed by atoms with Crippen molar-refractivity contribution >= 4 is 29.0 Å². The molecular weight excluding hydrogens is 277 g/mol.